The molecule has 0 saturated carbocycles. The molecule has 0 atom stereocenters. The predicted molar refractivity (Wildman–Crippen MR) is 88.4 cm³/mol. The highest BCUT2D eigenvalue weighted by Crippen LogP contribution is 2.21. The van der Waals surface area contributed by atoms with Gasteiger partial charge < -0.3 is 5.11 Å². The topological polar surface area (TPSA) is 52.6 Å². The molecule has 0 bridgehead atoms. The molecule has 0 heterocycles. The second-order valence-electron chi connectivity index (χ2n) is 5.95. The summed E-state index contributed by atoms with van der Waals surface area (Å²) in [6.45, 7) is 5.69. The number of hydrogen-bond acceptors (Lipinski definition) is 3. The Bertz CT molecular complexity index is 638. The van der Waals surface area contributed by atoms with E-state index in [0.29, 0.717) is 16.2 Å². The lowest BCUT2D eigenvalue weighted by molar-refractivity contribution is 0.0409. The van der Waals surface area contributed by atoms with Crippen molar-refractivity contribution in [3.8, 4) is 0 Å². The summed E-state index contributed by atoms with van der Waals surface area (Å²) in [4.78, 5) is 12.4. The van der Waals surface area contributed by atoms with E-state index in [1.807, 2.05) is 32.9 Å². The van der Waals surface area contributed by atoms with Crippen LogP contribution in [0.25, 0.3) is 0 Å². The molecule has 1 aromatic carbocycles. The number of amides is 1. The Labute approximate surface area is 135 Å². The lowest BCUT2D eigenvalue weighted by Gasteiger charge is -2.36. The molecular weight excluding hydrogens is 300 g/mol. The number of benzene rings is 1. The number of rotatable bonds is 3. The highest BCUT2D eigenvalue weighted by Gasteiger charge is 2.27. The van der Waals surface area contributed by atoms with Crippen LogP contribution in [0.1, 0.15) is 31.1 Å². The summed E-state index contributed by atoms with van der Waals surface area (Å²) >= 11 is 5.83. The van der Waals surface area contributed by atoms with E-state index in [0.717, 1.165) is 0 Å². The molecule has 0 aliphatic heterocycles. The molecular formula is C17H19ClN2O2. The Kier molecular flexibility index (Phi) is 4.62. The van der Waals surface area contributed by atoms with Crippen molar-refractivity contribution in [2.75, 3.05) is 0 Å². The van der Waals surface area contributed by atoms with Crippen LogP contribution in [-0.4, -0.2) is 21.6 Å². The van der Waals surface area contributed by atoms with Crippen molar-refractivity contribution in [2.45, 2.75) is 26.3 Å². The summed E-state index contributed by atoms with van der Waals surface area (Å²) in [7, 11) is 0. The van der Waals surface area contributed by atoms with Gasteiger partial charge in [0.05, 0.1) is 5.54 Å². The Hall–Kier alpha value is -2.20. The molecule has 5 heteroatoms. The van der Waals surface area contributed by atoms with E-state index in [-0.39, 0.29) is 11.8 Å². The van der Waals surface area contributed by atoms with Crippen LogP contribution in [0, 0.1) is 0 Å². The van der Waals surface area contributed by atoms with Gasteiger partial charge in [0, 0.05) is 16.2 Å². The predicted octanol–water partition coefficient (Wildman–Crippen LogP) is 3.98. The maximum Gasteiger partial charge on any atom is 0.269 e. The monoisotopic (exact) mass is 318 g/mol. The molecule has 0 fully saturated rings. The van der Waals surface area contributed by atoms with Gasteiger partial charge in [-0.3, -0.25) is 10.2 Å². The Morgan fingerprint density at radius 3 is 2.18 bits per heavy atom. The fourth-order valence-corrected chi connectivity index (χ4v) is 2.08. The quantitative estimate of drug-likeness (QED) is 0.654. The first-order valence-electron chi connectivity index (χ1n) is 6.94. The summed E-state index contributed by atoms with van der Waals surface area (Å²) in [5.74, 6) is -0.315. The van der Waals surface area contributed by atoms with Gasteiger partial charge in [0.1, 0.15) is 0 Å². The van der Waals surface area contributed by atoms with E-state index in [1.54, 1.807) is 36.4 Å². The largest absolute Gasteiger partial charge is 0.493 e. The summed E-state index contributed by atoms with van der Waals surface area (Å²) in [6, 6.07) is 6.58. The van der Waals surface area contributed by atoms with E-state index in [2.05, 4.69) is 5.43 Å². The van der Waals surface area contributed by atoms with Gasteiger partial charge in [0.2, 0.25) is 5.88 Å². The van der Waals surface area contributed by atoms with Gasteiger partial charge in [-0.05, 0) is 57.2 Å². The van der Waals surface area contributed by atoms with E-state index >= 15 is 0 Å². The lowest BCUT2D eigenvalue weighted by atomic mass is 10.1. The van der Waals surface area contributed by atoms with Crippen molar-refractivity contribution in [3.63, 3.8) is 0 Å². The van der Waals surface area contributed by atoms with Crippen LogP contribution in [0.15, 0.2) is 60.0 Å². The zero-order valence-corrected chi connectivity index (χ0v) is 13.6. The van der Waals surface area contributed by atoms with Gasteiger partial charge >= 0.3 is 0 Å². The smallest absolute Gasteiger partial charge is 0.269 e. The highest BCUT2D eigenvalue weighted by atomic mass is 35.5. The fourth-order valence-electron chi connectivity index (χ4n) is 1.96. The number of nitrogens with zero attached hydrogens (tertiary/aromatic N) is 1. The van der Waals surface area contributed by atoms with Gasteiger partial charge in [0.25, 0.3) is 5.91 Å². The van der Waals surface area contributed by atoms with Crippen LogP contribution in [0.4, 0.5) is 0 Å². The number of hydrazine groups is 1. The number of allylic oxidation sites excluding steroid dienone is 5. The molecule has 0 saturated heterocycles. The molecule has 2 N–H and O–H groups in total. The molecule has 1 aromatic rings. The first-order chi connectivity index (χ1) is 10.3. The summed E-state index contributed by atoms with van der Waals surface area (Å²) in [6.07, 6.45) is 7.21. The first-order valence-corrected chi connectivity index (χ1v) is 7.31. The zero-order valence-electron chi connectivity index (χ0n) is 12.8. The van der Waals surface area contributed by atoms with Crippen LogP contribution >= 0.6 is 11.6 Å². The number of carbonyl (C=O) groups excluding carboxylic acids is 1. The Balaban J connectivity index is 2.26. The first kappa shape index (κ1) is 16.2. The maximum absolute atomic E-state index is 12.4. The SMILES string of the molecule is CC(C)(C)N(NC(=O)c1ccc(Cl)cc1)C(O)=C1C=CC=C1. The molecule has 4 nitrogen and oxygen atoms in total. The van der Waals surface area contributed by atoms with E-state index in [1.165, 1.54) is 5.01 Å². The molecule has 22 heavy (non-hydrogen) atoms. The molecule has 0 aromatic heterocycles. The summed E-state index contributed by atoms with van der Waals surface area (Å²) < 4.78 is 0. The maximum atomic E-state index is 12.4. The normalized spacial score (nSPS) is 13.4. The van der Waals surface area contributed by atoms with Crippen LogP contribution in [-0.2, 0) is 0 Å². The summed E-state index contributed by atoms with van der Waals surface area (Å²) in [5, 5.41) is 12.5. The van der Waals surface area contributed by atoms with Crippen LogP contribution in [0.5, 0.6) is 0 Å². The molecule has 116 valence electrons. The standard InChI is InChI=1S/C17H19ClN2O2/c1-17(2,3)20(16(22)13-6-4-5-7-13)19-15(21)12-8-10-14(18)11-9-12/h4-11,22H,1-3H3,(H,19,21). The van der Waals surface area contributed by atoms with Crippen molar-refractivity contribution >= 4 is 17.5 Å². The second-order valence-corrected chi connectivity index (χ2v) is 6.39. The van der Waals surface area contributed by atoms with Gasteiger partial charge in [-0.25, -0.2) is 5.01 Å². The number of aliphatic hydroxyl groups is 1. The molecule has 0 unspecified atom stereocenters. The number of hydrogen-bond donors (Lipinski definition) is 2. The third-order valence-electron chi connectivity index (χ3n) is 3.12. The average molecular weight is 319 g/mol. The minimum Gasteiger partial charge on any atom is -0.493 e. The minimum atomic E-state index is -0.497. The average Bonchev–Trinajstić information content (AvgIpc) is 2.97. The van der Waals surface area contributed by atoms with Gasteiger partial charge in [-0.1, -0.05) is 23.8 Å². The van der Waals surface area contributed by atoms with Crippen molar-refractivity contribution in [1.29, 1.82) is 0 Å². The number of halogens is 1. The molecule has 1 amide bonds. The van der Waals surface area contributed by atoms with E-state index in [9.17, 15) is 9.90 Å². The van der Waals surface area contributed by atoms with E-state index in [4.69, 9.17) is 11.6 Å². The van der Waals surface area contributed by atoms with Crippen molar-refractivity contribution in [1.82, 2.24) is 10.4 Å². The van der Waals surface area contributed by atoms with Crippen LogP contribution in [0.2, 0.25) is 5.02 Å². The van der Waals surface area contributed by atoms with Gasteiger partial charge in [0.15, 0.2) is 0 Å². The molecule has 2 rings (SSSR count). The van der Waals surface area contributed by atoms with Crippen LogP contribution < -0.4 is 5.43 Å². The Morgan fingerprint density at radius 1 is 1.14 bits per heavy atom. The number of aliphatic hydroxyl groups excluding tert-OH is 1. The van der Waals surface area contributed by atoms with Gasteiger partial charge in [-0.2, -0.15) is 0 Å². The van der Waals surface area contributed by atoms with Crippen LogP contribution in [0.3, 0.4) is 0 Å². The summed E-state index contributed by atoms with van der Waals surface area (Å²) in [5.41, 5.74) is 3.36. The van der Waals surface area contributed by atoms with Gasteiger partial charge in [-0.15, -0.1) is 0 Å². The molecule has 1 aliphatic rings. The van der Waals surface area contributed by atoms with Crippen molar-refractivity contribution in [2.24, 2.45) is 0 Å². The fraction of sp³-hybridized carbons (Fsp3) is 0.235. The van der Waals surface area contributed by atoms with E-state index < -0.39 is 5.54 Å². The third kappa shape index (κ3) is 3.71. The minimum absolute atomic E-state index is 0.000173. The Morgan fingerprint density at radius 2 is 1.68 bits per heavy atom. The number of nitrogens with one attached hydrogen (secondary N) is 1. The number of carbonyl (C=O) groups is 1. The third-order valence-corrected chi connectivity index (χ3v) is 3.38. The molecule has 0 spiro atoms. The molecule has 0 radical (unpaired) electrons. The molecule has 1 aliphatic carbocycles. The lowest BCUT2D eigenvalue weighted by Crippen LogP contribution is -2.52. The zero-order chi connectivity index (χ0) is 16.3. The van der Waals surface area contributed by atoms with Crippen molar-refractivity contribution in [3.05, 3.63) is 70.6 Å². The second kappa shape index (κ2) is 6.28. The van der Waals surface area contributed by atoms with Crippen molar-refractivity contribution < 1.29 is 9.90 Å². The highest BCUT2D eigenvalue weighted by molar-refractivity contribution is 6.30.